The molecule has 4 nitrogen and oxygen atoms in total. The molecule has 5 heteroatoms. The molecule has 2 amide bonds. The van der Waals surface area contributed by atoms with E-state index in [0.717, 1.165) is 10.0 Å². The van der Waals surface area contributed by atoms with Crippen LogP contribution in [0.25, 0.3) is 0 Å². The van der Waals surface area contributed by atoms with Crippen molar-refractivity contribution in [3.8, 4) is 0 Å². The summed E-state index contributed by atoms with van der Waals surface area (Å²) in [4.78, 5) is 25.3. The van der Waals surface area contributed by atoms with E-state index in [-0.39, 0.29) is 11.8 Å². The van der Waals surface area contributed by atoms with Gasteiger partial charge in [-0.3, -0.25) is 9.59 Å². The summed E-state index contributed by atoms with van der Waals surface area (Å²) < 4.78 is 0.960. The number of hydrogen-bond donors (Lipinski definition) is 1. The molecule has 0 unspecified atom stereocenters. The van der Waals surface area contributed by atoms with Crippen molar-refractivity contribution in [2.24, 2.45) is 0 Å². The zero-order valence-corrected chi connectivity index (χ0v) is 13.0. The Bertz CT molecular complexity index is 463. The van der Waals surface area contributed by atoms with Crippen LogP contribution in [0.5, 0.6) is 0 Å². The van der Waals surface area contributed by atoms with E-state index in [9.17, 15) is 9.59 Å². The number of nitrogens with zero attached hydrogens (tertiary/aromatic N) is 1. The molecule has 0 saturated carbocycles. The van der Waals surface area contributed by atoms with Crippen molar-refractivity contribution in [1.82, 2.24) is 10.2 Å². The van der Waals surface area contributed by atoms with Crippen molar-refractivity contribution in [3.63, 3.8) is 0 Å². The maximum Gasteiger partial charge on any atom is 0.242 e. The van der Waals surface area contributed by atoms with Crippen LogP contribution in [0.1, 0.15) is 25.8 Å². The Morgan fingerprint density at radius 1 is 1.42 bits per heavy atom. The van der Waals surface area contributed by atoms with E-state index >= 15 is 0 Å². The average molecular weight is 327 g/mol. The third kappa shape index (κ3) is 4.35. The lowest BCUT2D eigenvalue weighted by Crippen LogP contribution is -2.46. The van der Waals surface area contributed by atoms with E-state index in [0.29, 0.717) is 13.0 Å². The Labute approximate surface area is 122 Å². The van der Waals surface area contributed by atoms with Gasteiger partial charge in [0.25, 0.3) is 0 Å². The number of nitrogens with one attached hydrogen (secondary N) is 1. The normalized spacial score (nSPS) is 11.8. The molecule has 1 rings (SSSR count). The Hall–Kier alpha value is -1.36. The molecular weight excluding hydrogens is 308 g/mol. The standard InChI is InChI=1S/C14H19BrN2O2/c1-4-13(18)17(10(2)14(19)16-3)9-11-6-5-7-12(15)8-11/h5-8,10H,4,9H2,1-3H3,(H,16,19)/t10-/m0/s1. The van der Waals surface area contributed by atoms with E-state index in [2.05, 4.69) is 21.2 Å². The molecular formula is C14H19BrN2O2. The predicted molar refractivity (Wildman–Crippen MR) is 78.5 cm³/mol. The van der Waals surface area contributed by atoms with Gasteiger partial charge < -0.3 is 10.2 Å². The molecule has 1 aromatic carbocycles. The fraction of sp³-hybridized carbons (Fsp3) is 0.429. The average Bonchev–Trinajstić information content (AvgIpc) is 2.42. The van der Waals surface area contributed by atoms with Crippen LogP contribution < -0.4 is 5.32 Å². The summed E-state index contributed by atoms with van der Waals surface area (Å²) in [5, 5.41) is 2.58. The van der Waals surface area contributed by atoms with Crippen LogP contribution in [0.3, 0.4) is 0 Å². The van der Waals surface area contributed by atoms with E-state index in [1.165, 1.54) is 0 Å². The molecule has 104 valence electrons. The third-order valence-electron chi connectivity index (χ3n) is 2.96. The molecule has 0 aromatic heterocycles. The van der Waals surface area contributed by atoms with Crippen molar-refractivity contribution in [1.29, 1.82) is 0 Å². The molecule has 0 bridgehead atoms. The lowest BCUT2D eigenvalue weighted by atomic mass is 10.1. The Kier molecular flexibility index (Phi) is 6.02. The second-order valence-corrected chi connectivity index (χ2v) is 5.21. The van der Waals surface area contributed by atoms with Crippen LogP contribution >= 0.6 is 15.9 Å². The summed E-state index contributed by atoms with van der Waals surface area (Å²) in [6, 6.07) is 7.26. The van der Waals surface area contributed by atoms with Crippen LogP contribution in [0, 0.1) is 0 Å². The first-order chi connectivity index (χ1) is 8.99. The van der Waals surface area contributed by atoms with Crippen LogP contribution in [-0.4, -0.2) is 29.8 Å². The zero-order chi connectivity index (χ0) is 14.4. The molecule has 19 heavy (non-hydrogen) atoms. The second kappa shape index (κ2) is 7.28. The summed E-state index contributed by atoms with van der Waals surface area (Å²) in [5.74, 6) is -0.187. The summed E-state index contributed by atoms with van der Waals surface area (Å²) >= 11 is 3.40. The second-order valence-electron chi connectivity index (χ2n) is 4.30. The van der Waals surface area contributed by atoms with Crippen molar-refractivity contribution >= 4 is 27.7 Å². The van der Waals surface area contributed by atoms with Gasteiger partial charge in [0.15, 0.2) is 0 Å². The lowest BCUT2D eigenvalue weighted by molar-refractivity contribution is -0.140. The highest BCUT2D eigenvalue weighted by Crippen LogP contribution is 2.15. The van der Waals surface area contributed by atoms with Gasteiger partial charge in [-0.15, -0.1) is 0 Å². The van der Waals surface area contributed by atoms with Crippen LogP contribution in [0.4, 0.5) is 0 Å². The zero-order valence-electron chi connectivity index (χ0n) is 11.4. The van der Waals surface area contributed by atoms with Gasteiger partial charge in [0.1, 0.15) is 6.04 Å². The number of halogens is 1. The monoisotopic (exact) mass is 326 g/mol. The van der Waals surface area contributed by atoms with Crippen LogP contribution in [0.15, 0.2) is 28.7 Å². The first-order valence-electron chi connectivity index (χ1n) is 6.25. The number of carbonyl (C=O) groups is 2. The molecule has 1 atom stereocenters. The first-order valence-corrected chi connectivity index (χ1v) is 7.04. The summed E-state index contributed by atoms with van der Waals surface area (Å²) in [5.41, 5.74) is 0.993. The Morgan fingerprint density at radius 3 is 2.63 bits per heavy atom. The van der Waals surface area contributed by atoms with Crippen LogP contribution in [0.2, 0.25) is 0 Å². The maximum absolute atomic E-state index is 12.0. The fourth-order valence-corrected chi connectivity index (χ4v) is 2.27. The van der Waals surface area contributed by atoms with Gasteiger partial charge in [-0.1, -0.05) is 35.0 Å². The number of likely N-dealkylation sites (N-methyl/N-ethyl adjacent to an activating group) is 1. The molecule has 0 aliphatic heterocycles. The molecule has 1 N–H and O–H groups in total. The van der Waals surface area contributed by atoms with Crippen molar-refractivity contribution in [2.45, 2.75) is 32.9 Å². The molecule has 0 aliphatic carbocycles. The lowest BCUT2D eigenvalue weighted by Gasteiger charge is -2.28. The topological polar surface area (TPSA) is 49.4 Å². The highest BCUT2D eigenvalue weighted by Gasteiger charge is 2.24. The largest absolute Gasteiger partial charge is 0.357 e. The van der Waals surface area contributed by atoms with Gasteiger partial charge in [-0.25, -0.2) is 0 Å². The molecule has 0 radical (unpaired) electrons. The van der Waals surface area contributed by atoms with Crippen molar-refractivity contribution in [2.75, 3.05) is 7.05 Å². The minimum atomic E-state index is -0.476. The molecule has 0 heterocycles. The maximum atomic E-state index is 12.0. The van der Waals surface area contributed by atoms with Crippen LogP contribution in [-0.2, 0) is 16.1 Å². The van der Waals surface area contributed by atoms with Gasteiger partial charge >= 0.3 is 0 Å². The minimum absolute atomic E-state index is 0.0314. The smallest absolute Gasteiger partial charge is 0.242 e. The number of rotatable bonds is 5. The van der Waals surface area contributed by atoms with E-state index < -0.39 is 6.04 Å². The number of amides is 2. The molecule has 1 aromatic rings. The van der Waals surface area contributed by atoms with E-state index in [1.807, 2.05) is 24.3 Å². The molecule has 0 fully saturated rings. The number of hydrogen-bond acceptors (Lipinski definition) is 2. The Balaban J connectivity index is 2.92. The predicted octanol–water partition coefficient (Wildman–Crippen LogP) is 2.32. The summed E-state index contributed by atoms with van der Waals surface area (Å²) in [6.07, 6.45) is 0.384. The quantitative estimate of drug-likeness (QED) is 0.902. The fourth-order valence-electron chi connectivity index (χ4n) is 1.83. The van der Waals surface area contributed by atoms with Gasteiger partial charge in [0.2, 0.25) is 11.8 Å². The number of carbonyl (C=O) groups excluding carboxylic acids is 2. The van der Waals surface area contributed by atoms with Gasteiger partial charge in [-0.2, -0.15) is 0 Å². The molecule has 0 saturated heterocycles. The summed E-state index contributed by atoms with van der Waals surface area (Å²) in [7, 11) is 1.58. The highest BCUT2D eigenvalue weighted by molar-refractivity contribution is 9.10. The van der Waals surface area contributed by atoms with Crippen molar-refractivity contribution in [3.05, 3.63) is 34.3 Å². The van der Waals surface area contributed by atoms with Gasteiger partial charge in [-0.05, 0) is 24.6 Å². The number of benzene rings is 1. The first kappa shape index (κ1) is 15.7. The van der Waals surface area contributed by atoms with Crippen molar-refractivity contribution < 1.29 is 9.59 Å². The highest BCUT2D eigenvalue weighted by atomic mass is 79.9. The minimum Gasteiger partial charge on any atom is -0.357 e. The van der Waals surface area contributed by atoms with E-state index in [1.54, 1.807) is 25.8 Å². The SMILES string of the molecule is CCC(=O)N(Cc1cccc(Br)c1)[C@@H](C)C(=O)NC. The van der Waals surface area contributed by atoms with Gasteiger partial charge in [0, 0.05) is 24.5 Å². The van der Waals surface area contributed by atoms with E-state index in [4.69, 9.17) is 0 Å². The third-order valence-corrected chi connectivity index (χ3v) is 3.45. The Morgan fingerprint density at radius 2 is 2.11 bits per heavy atom. The molecule has 0 aliphatic rings. The van der Waals surface area contributed by atoms with Gasteiger partial charge in [0.05, 0.1) is 0 Å². The summed E-state index contributed by atoms with van der Waals surface area (Å²) in [6.45, 7) is 3.97. The molecule has 0 spiro atoms.